The monoisotopic (exact) mass is 292 g/mol. The number of aromatic nitrogens is 2. The average molecular weight is 293 g/mol. The zero-order chi connectivity index (χ0) is 12.4. The van der Waals surface area contributed by atoms with Crippen molar-refractivity contribution in [1.29, 1.82) is 0 Å². The van der Waals surface area contributed by atoms with Gasteiger partial charge in [-0.05, 0) is 13.0 Å². The van der Waals surface area contributed by atoms with E-state index in [1.807, 2.05) is 24.3 Å². The van der Waals surface area contributed by atoms with Crippen molar-refractivity contribution in [2.75, 3.05) is 0 Å². The molecule has 0 saturated carbocycles. The second-order valence-corrected chi connectivity index (χ2v) is 4.33. The molecule has 1 heterocycles. The summed E-state index contributed by atoms with van der Waals surface area (Å²) in [4.78, 5) is 19.1. The van der Waals surface area contributed by atoms with E-state index in [1.165, 1.54) is 6.20 Å². The third kappa shape index (κ3) is 2.34. The molecule has 0 amide bonds. The first kappa shape index (κ1) is 11.7. The SMILES string of the molecule is Cc1nc(-c2ccccc2Br)ncc1C(=O)O. The molecule has 0 spiro atoms. The molecule has 0 saturated heterocycles. The number of halogens is 1. The van der Waals surface area contributed by atoms with E-state index in [-0.39, 0.29) is 5.56 Å². The number of rotatable bonds is 2. The quantitative estimate of drug-likeness (QED) is 0.924. The van der Waals surface area contributed by atoms with Gasteiger partial charge in [-0.2, -0.15) is 0 Å². The molecular formula is C12H9BrN2O2. The Kier molecular flexibility index (Phi) is 3.19. The topological polar surface area (TPSA) is 63.1 Å². The lowest BCUT2D eigenvalue weighted by Gasteiger charge is -2.05. The van der Waals surface area contributed by atoms with Gasteiger partial charge in [0.2, 0.25) is 0 Å². The molecule has 0 aliphatic heterocycles. The summed E-state index contributed by atoms with van der Waals surface area (Å²) >= 11 is 3.41. The van der Waals surface area contributed by atoms with Crippen molar-refractivity contribution in [3.05, 3.63) is 46.2 Å². The third-order valence-electron chi connectivity index (χ3n) is 2.32. The standard InChI is InChI=1S/C12H9BrN2O2/c1-7-9(12(16)17)6-14-11(15-7)8-4-2-3-5-10(8)13/h2-6H,1H3,(H,16,17). The van der Waals surface area contributed by atoms with Crippen LogP contribution in [0, 0.1) is 6.92 Å². The summed E-state index contributed by atoms with van der Waals surface area (Å²) in [5, 5.41) is 8.89. The van der Waals surface area contributed by atoms with Gasteiger partial charge in [0.15, 0.2) is 5.82 Å². The first-order chi connectivity index (χ1) is 8.09. The zero-order valence-corrected chi connectivity index (χ0v) is 10.6. The Hall–Kier alpha value is -1.75. The van der Waals surface area contributed by atoms with E-state index < -0.39 is 5.97 Å². The molecule has 1 aromatic heterocycles. The van der Waals surface area contributed by atoms with Gasteiger partial charge >= 0.3 is 5.97 Å². The van der Waals surface area contributed by atoms with Crippen molar-refractivity contribution in [2.45, 2.75) is 6.92 Å². The van der Waals surface area contributed by atoms with Crippen LogP contribution >= 0.6 is 15.9 Å². The van der Waals surface area contributed by atoms with E-state index in [1.54, 1.807) is 6.92 Å². The fourth-order valence-corrected chi connectivity index (χ4v) is 1.91. The summed E-state index contributed by atoms with van der Waals surface area (Å²) in [7, 11) is 0. The largest absolute Gasteiger partial charge is 0.478 e. The molecule has 2 aromatic rings. The fraction of sp³-hybridized carbons (Fsp3) is 0.0833. The summed E-state index contributed by atoms with van der Waals surface area (Å²) in [6, 6.07) is 7.54. The second kappa shape index (κ2) is 4.63. The van der Waals surface area contributed by atoms with Crippen LogP contribution in [0.15, 0.2) is 34.9 Å². The molecule has 17 heavy (non-hydrogen) atoms. The van der Waals surface area contributed by atoms with Crippen LogP contribution in [0.3, 0.4) is 0 Å². The van der Waals surface area contributed by atoms with Crippen LogP contribution in [0.5, 0.6) is 0 Å². The highest BCUT2D eigenvalue weighted by Crippen LogP contribution is 2.25. The van der Waals surface area contributed by atoms with Crippen LogP contribution < -0.4 is 0 Å². The Morgan fingerprint density at radius 2 is 2.06 bits per heavy atom. The summed E-state index contributed by atoms with van der Waals surface area (Å²) < 4.78 is 0.877. The number of nitrogens with zero attached hydrogens (tertiary/aromatic N) is 2. The van der Waals surface area contributed by atoms with Gasteiger partial charge in [0.1, 0.15) is 0 Å². The lowest BCUT2D eigenvalue weighted by Crippen LogP contribution is -2.04. The van der Waals surface area contributed by atoms with Crippen molar-refractivity contribution >= 4 is 21.9 Å². The number of aromatic carboxylic acids is 1. The summed E-state index contributed by atoms with van der Waals surface area (Å²) in [5.74, 6) is -0.499. The van der Waals surface area contributed by atoms with Gasteiger partial charge in [0.25, 0.3) is 0 Å². The molecule has 0 bridgehead atoms. The average Bonchev–Trinajstić information content (AvgIpc) is 2.29. The normalized spacial score (nSPS) is 10.2. The van der Waals surface area contributed by atoms with E-state index in [0.717, 1.165) is 10.0 Å². The Balaban J connectivity index is 2.52. The molecule has 0 aliphatic carbocycles. The van der Waals surface area contributed by atoms with Crippen LogP contribution in [0.1, 0.15) is 16.1 Å². The summed E-state index contributed by atoms with van der Waals surface area (Å²) in [6.07, 6.45) is 1.33. The number of hydrogen-bond acceptors (Lipinski definition) is 3. The van der Waals surface area contributed by atoms with Crippen LogP contribution in [-0.4, -0.2) is 21.0 Å². The maximum absolute atomic E-state index is 10.8. The molecule has 2 rings (SSSR count). The van der Waals surface area contributed by atoms with E-state index in [0.29, 0.717) is 11.5 Å². The van der Waals surface area contributed by atoms with Gasteiger partial charge in [0.05, 0.1) is 11.3 Å². The Bertz CT molecular complexity index is 584. The van der Waals surface area contributed by atoms with E-state index in [9.17, 15) is 4.79 Å². The Morgan fingerprint density at radius 1 is 1.35 bits per heavy atom. The van der Waals surface area contributed by atoms with Gasteiger partial charge in [-0.15, -0.1) is 0 Å². The Labute approximate surface area is 106 Å². The molecule has 4 nitrogen and oxygen atoms in total. The maximum atomic E-state index is 10.8. The number of aryl methyl sites for hydroxylation is 1. The molecule has 0 radical (unpaired) electrons. The van der Waals surface area contributed by atoms with Crippen molar-refractivity contribution in [3.63, 3.8) is 0 Å². The van der Waals surface area contributed by atoms with E-state index >= 15 is 0 Å². The minimum atomic E-state index is -1.01. The van der Waals surface area contributed by atoms with Crippen molar-refractivity contribution in [2.24, 2.45) is 0 Å². The van der Waals surface area contributed by atoms with Gasteiger partial charge in [-0.1, -0.05) is 34.1 Å². The van der Waals surface area contributed by atoms with Crippen LogP contribution in [0.25, 0.3) is 11.4 Å². The Morgan fingerprint density at radius 3 is 2.65 bits per heavy atom. The predicted octanol–water partition coefficient (Wildman–Crippen LogP) is 2.91. The molecule has 1 aromatic carbocycles. The van der Waals surface area contributed by atoms with Gasteiger partial charge in [0, 0.05) is 16.2 Å². The first-order valence-electron chi connectivity index (χ1n) is 4.91. The number of carboxylic acid groups (broad SMARTS) is 1. The number of hydrogen-bond donors (Lipinski definition) is 1. The van der Waals surface area contributed by atoms with Gasteiger partial charge in [-0.3, -0.25) is 0 Å². The van der Waals surface area contributed by atoms with Crippen molar-refractivity contribution in [1.82, 2.24) is 9.97 Å². The second-order valence-electron chi connectivity index (χ2n) is 3.48. The molecule has 86 valence electrons. The highest BCUT2D eigenvalue weighted by atomic mass is 79.9. The molecule has 0 unspecified atom stereocenters. The minimum Gasteiger partial charge on any atom is -0.478 e. The van der Waals surface area contributed by atoms with Crippen LogP contribution in [0.2, 0.25) is 0 Å². The fourth-order valence-electron chi connectivity index (χ4n) is 1.45. The predicted molar refractivity (Wildman–Crippen MR) is 66.9 cm³/mol. The smallest absolute Gasteiger partial charge is 0.339 e. The highest BCUT2D eigenvalue weighted by molar-refractivity contribution is 9.10. The molecule has 1 N–H and O–H groups in total. The van der Waals surface area contributed by atoms with E-state index in [4.69, 9.17) is 5.11 Å². The number of carbonyl (C=O) groups is 1. The van der Waals surface area contributed by atoms with Crippen molar-refractivity contribution < 1.29 is 9.90 Å². The lowest BCUT2D eigenvalue weighted by atomic mass is 10.2. The number of benzene rings is 1. The first-order valence-corrected chi connectivity index (χ1v) is 5.70. The van der Waals surface area contributed by atoms with Crippen molar-refractivity contribution in [3.8, 4) is 11.4 Å². The molecule has 0 aliphatic rings. The van der Waals surface area contributed by atoms with Crippen LogP contribution in [0.4, 0.5) is 0 Å². The molecule has 0 atom stereocenters. The third-order valence-corrected chi connectivity index (χ3v) is 3.02. The summed E-state index contributed by atoms with van der Waals surface area (Å²) in [6.45, 7) is 1.66. The van der Waals surface area contributed by atoms with Gasteiger partial charge in [-0.25, -0.2) is 14.8 Å². The molecule has 0 fully saturated rings. The maximum Gasteiger partial charge on any atom is 0.339 e. The van der Waals surface area contributed by atoms with Crippen LogP contribution in [-0.2, 0) is 0 Å². The number of carboxylic acids is 1. The zero-order valence-electron chi connectivity index (χ0n) is 9.01. The van der Waals surface area contributed by atoms with E-state index in [2.05, 4.69) is 25.9 Å². The molecular weight excluding hydrogens is 284 g/mol. The molecule has 5 heteroatoms. The minimum absolute atomic E-state index is 0.126. The van der Waals surface area contributed by atoms with Gasteiger partial charge < -0.3 is 5.11 Å². The summed E-state index contributed by atoms with van der Waals surface area (Å²) in [5.41, 5.74) is 1.42. The highest BCUT2D eigenvalue weighted by Gasteiger charge is 2.12. The lowest BCUT2D eigenvalue weighted by molar-refractivity contribution is 0.0695.